The monoisotopic (exact) mass is 310 g/mol. The molecule has 2 aromatic rings. The zero-order valence-corrected chi connectivity index (χ0v) is 12.5. The minimum absolute atomic E-state index is 0.209. The van der Waals surface area contributed by atoms with E-state index < -0.39 is 10.0 Å². The van der Waals surface area contributed by atoms with Crippen molar-refractivity contribution in [3.05, 3.63) is 18.2 Å². The molecule has 2 N–H and O–H groups in total. The van der Waals surface area contributed by atoms with Crippen LogP contribution < -0.4 is 9.62 Å². The van der Waals surface area contributed by atoms with E-state index in [9.17, 15) is 8.42 Å². The SMILES string of the molecule is CC(=S)Nc1n[nH]c2ccc(N3CCCS3(=O)=O)cc12. The molecule has 20 heavy (non-hydrogen) atoms. The van der Waals surface area contributed by atoms with E-state index in [1.807, 2.05) is 12.1 Å². The molecule has 1 aliphatic heterocycles. The largest absolute Gasteiger partial charge is 0.333 e. The van der Waals surface area contributed by atoms with Gasteiger partial charge in [-0.3, -0.25) is 9.40 Å². The first-order valence-electron chi connectivity index (χ1n) is 6.23. The maximum absolute atomic E-state index is 12.0. The maximum atomic E-state index is 12.0. The number of benzene rings is 1. The summed E-state index contributed by atoms with van der Waals surface area (Å²) >= 11 is 5.01. The lowest BCUT2D eigenvalue weighted by molar-refractivity contribution is 0.599. The summed E-state index contributed by atoms with van der Waals surface area (Å²) in [6, 6.07) is 5.44. The number of anilines is 2. The molecular weight excluding hydrogens is 296 g/mol. The van der Waals surface area contributed by atoms with Crippen molar-refractivity contribution in [2.24, 2.45) is 0 Å². The summed E-state index contributed by atoms with van der Waals surface area (Å²) in [5, 5.41) is 10.9. The third kappa shape index (κ3) is 2.25. The van der Waals surface area contributed by atoms with E-state index >= 15 is 0 Å². The normalized spacial score (nSPS) is 17.6. The zero-order valence-electron chi connectivity index (χ0n) is 10.9. The van der Waals surface area contributed by atoms with E-state index in [4.69, 9.17) is 12.2 Å². The number of nitrogens with one attached hydrogen (secondary N) is 2. The van der Waals surface area contributed by atoms with Crippen molar-refractivity contribution in [3.8, 4) is 0 Å². The highest BCUT2D eigenvalue weighted by molar-refractivity contribution is 7.93. The molecule has 1 aliphatic rings. The van der Waals surface area contributed by atoms with Gasteiger partial charge in [0.25, 0.3) is 0 Å². The van der Waals surface area contributed by atoms with Gasteiger partial charge in [0, 0.05) is 11.9 Å². The average molecular weight is 310 g/mol. The second-order valence-electron chi connectivity index (χ2n) is 4.72. The Balaban J connectivity index is 2.07. The molecule has 6 nitrogen and oxygen atoms in total. The van der Waals surface area contributed by atoms with Crippen molar-refractivity contribution in [2.75, 3.05) is 21.9 Å². The molecule has 0 saturated carbocycles. The van der Waals surface area contributed by atoms with Gasteiger partial charge in [0.2, 0.25) is 10.0 Å². The van der Waals surface area contributed by atoms with Crippen LogP contribution in [0.15, 0.2) is 18.2 Å². The highest BCUT2D eigenvalue weighted by Gasteiger charge is 2.28. The molecule has 1 aromatic carbocycles. The van der Waals surface area contributed by atoms with Gasteiger partial charge in [-0.1, -0.05) is 12.2 Å². The van der Waals surface area contributed by atoms with Crippen LogP contribution in [0.1, 0.15) is 13.3 Å². The lowest BCUT2D eigenvalue weighted by Crippen LogP contribution is -2.24. The molecule has 2 heterocycles. The fraction of sp³-hybridized carbons (Fsp3) is 0.333. The average Bonchev–Trinajstić information content (AvgIpc) is 2.92. The number of H-pyrrole nitrogens is 1. The van der Waals surface area contributed by atoms with Gasteiger partial charge < -0.3 is 5.32 Å². The quantitative estimate of drug-likeness (QED) is 0.828. The van der Waals surface area contributed by atoms with Gasteiger partial charge in [-0.05, 0) is 31.5 Å². The highest BCUT2D eigenvalue weighted by Crippen LogP contribution is 2.29. The van der Waals surface area contributed by atoms with E-state index in [1.54, 1.807) is 13.0 Å². The Hall–Kier alpha value is -1.67. The molecule has 0 aliphatic carbocycles. The minimum Gasteiger partial charge on any atom is -0.333 e. The number of aromatic amines is 1. The molecule has 0 radical (unpaired) electrons. The minimum atomic E-state index is -3.17. The molecule has 1 saturated heterocycles. The van der Waals surface area contributed by atoms with Crippen LogP contribution in [0.2, 0.25) is 0 Å². The van der Waals surface area contributed by atoms with Crippen LogP contribution in [0.5, 0.6) is 0 Å². The molecule has 0 bridgehead atoms. The fourth-order valence-electron chi connectivity index (χ4n) is 2.35. The van der Waals surface area contributed by atoms with E-state index in [1.165, 1.54) is 4.31 Å². The van der Waals surface area contributed by atoms with Gasteiger partial charge in [-0.25, -0.2) is 8.42 Å². The summed E-state index contributed by atoms with van der Waals surface area (Å²) in [6.07, 6.45) is 0.663. The number of thiocarbonyl (C=S) groups is 1. The lowest BCUT2D eigenvalue weighted by Gasteiger charge is -2.16. The third-order valence-corrected chi connectivity index (χ3v) is 5.20. The lowest BCUT2D eigenvalue weighted by atomic mass is 10.2. The van der Waals surface area contributed by atoms with E-state index in [0.717, 1.165) is 10.9 Å². The van der Waals surface area contributed by atoms with Crippen LogP contribution in [0, 0.1) is 0 Å². The van der Waals surface area contributed by atoms with E-state index in [2.05, 4.69) is 15.5 Å². The van der Waals surface area contributed by atoms with Gasteiger partial charge in [0.1, 0.15) is 0 Å². The van der Waals surface area contributed by atoms with Crippen LogP contribution >= 0.6 is 12.2 Å². The Morgan fingerprint density at radius 1 is 1.50 bits per heavy atom. The Bertz CT molecular complexity index is 782. The molecular formula is C12H14N4O2S2. The van der Waals surface area contributed by atoms with Gasteiger partial charge in [0.05, 0.1) is 21.9 Å². The van der Waals surface area contributed by atoms with Crippen molar-refractivity contribution >= 4 is 49.6 Å². The van der Waals surface area contributed by atoms with Gasteiger partial charge in [-0.15, -0.1) is 0 Å². The van der Waals surface area contributed by atoms with Crippen molar-refractivity contribution in [3.63, 3.8) is 0 Å². The number of rotatable bonds is 2. The topological polar surface area (TPSA) is 78.1 Å². The summed E-state index contributed by atoms with van der Waals surface area (Å²) in [6.45, 7) is 2.30. The highest BCUT2D eigenvalue weighted by atomic mass is 32.2. The van der Waals surface area contributed by atoms with Crippen LogP contribution in [-0.2, 0) is 10.0 Å². The number of nitrogens with zero attached hydrogens (tertiary/aromatic N) is 2. The van der Waals surface area contributed by atoms with Crippen molar-refractivity contribution in [1.82, 2.24) is 10.2 Å². The standard InChI is InChI=1S/C12H14N4O2S2/c1-8(19)13-12-10-7-9(3-4-11(10)14-15-12)16-5-2-6-20(16,17)18/h3-4,7H,2,5-6H2,1H3,(H2,13,14,15,19). The molecule has 1 aromatic heterocycles. The molecule has 0 spiro atoms. The first-order chi connectivity index (χ1) is 9.47. The molecule has 1 fully saturated rings. The van der Waals surface area contributed by atoms with Crippen molar-refractivity contribution in [2.45, 2.75) is 13.3 Å². The third-order valence-electron chi connectivity index (χ3n) is 3.23. The summed E-state index contributed by atoms with van der Waals surface area (Å²) in [4.78, 5) is 0.609. The van der Waals surface area contributed by atoms with E-state index in [-0.39, 0.29) is 5.75 Å². The van der Waals surface area contributed by atoms with Gasteiger partial charge in [0.15, 0.2) is 5.82 Å². The summed E-state index contributed by atoms with van der Waals surface area (Å²) in [5.41, 5.74) is 1.51. The number of fused-ring (bicyclic) bond motifs is 1. The van der Waals surface area contributed by atoms with Crippen molar-refractivity contribution in [1.29, 1.82) is 0 Å². The number of sulfonamides is 1. The zero-order chi connectivity index (χ0) is 14.3. The first kappa shape index (κ1) is 13.3. The van der Waals surface area contributed by atoms with Crippen molar-refractivity contribution < 1.29 is 8.42 Å². The summed E-state index contributed by atoms with van der Waals surface area (Å²) in [5.74, 6) is 0.826. The Kier molecular flexibility index (Phi) is 3.14. The van der Waals surface area contributed by atoms with Gasteiger partial charge >= 0.3 is 0 Å². The molecule has 106 valence electrons. The Labute approximate surface area is 122 Å². The molecule has 3 rings (SSSR count). The molecule has 0 amide bonds. The summed E-state index contributed by atoms with van der Waals surface area (Å²) in [7, 11) is -3.17. The van der Waals surface area contributed by atoms with Crippen LogP contribution in [-0.4, -0.2) is 35.9 Å². The maximum Gasteiger partial charge on any atom is 0.235 e. The second-order valence-corrected chi connectivity index (χ2v) is 7.35. The summed E-state index contributed by atoms with van der Waals surface area (Å²) < 4.78 is 25.4. The number of hydrogen-bond donors (Lipinski definition) is 2. The van der Waals surface area contributed by atoms with E-state index in [0.29, 0.717) is 29.5 Å². The fourth-order valence-corrected chi connectivity index (χ4v) is 4.00. The smallest absolute Gasteiger partial charge is 0.235 e. The van der Waals surface area contributed by atoms with Crippen LogP contribution in [0.3, 0.4) is 0 Å². The first-order valence-corrected chi connectivity index (χ1v) is 8.25. The van der Waals surface area contributed by atoms with Crippen LogP contribution in [0.4, 0.5) is 11.5 Å². The Morgan fingerprint density at radius 3 is 2.95 bits per heavy atom. The predicted octanol–water partition coefficient (Wildman–Crippen LogP) is 1.86. The molecule has 0 atom stereocenters. The molecule has 8 heteroatoms. The van der Waals surface area contributed by atoms with Crippen LogP contribution in [0.25, 0.3) is 10.9 Å². The Morgan fingerprint density at radius 2 is 2.30 bits per heavy atom. The molecule has 0 unspecified atom stereocenters. The van der Waals surface area contributed by atoms with Gasteiger partial charge in [-0.2, -0.15) is 5.10 Å². The number of hydrogen-bond acceptors (Lipinski definition) is 4. The number of aromatic nitrogens is 2. The second kappa shape index (κ2) is 4.71. The predicted molar refractivity (Wildman–Crippen MR) is 83.7 cm³/mol.